The Morgan fingerprint density at radius 2 is 2.21 bits per heavy atom. The summed E-state index contributed by atoms with van der Waals surface area (Å²) in [6, 6.07) is 3.40. The first-order valence-electron chi connectivity index (χ1n) is 6.11. The van der Waals surface area contributed by atoms with Crippen LogP contribution in [0.4, 0.5) is 0 Å². The van der Waals surface area contributed by atoms with Crippen molar-refractivity contribution in [3.05, 3.63) is 28.5 Å². The van der Waals surface area contributed by atoms with E-state index >= 15 is 0 Å². The predicted octanol–water partition coefficient (Wildman–Crippen LogP) is 2.46. The Hall–Kier alpha value is -1.43. The molecule has 0 aliphatic rings. The molecule has 0 aliphatic heterocycles. The molecule has 5 nitrogen and oxygen atoms in total. The summed E-state index contributed by atoms with van der Waals surface area (Å²) in [5.41, 5.74) is 0.501. The molecule has 0 fully saturated rings. The zero-order valence-electron chi connectivity index (χ0n) is 10.7. The van der Waals surface area contributed by atoms with Crippen LogP contribution < -0.4 is 5.32 Å². The molecule has 1 atom stereocenters. The molecule has 19 heavy (non-hydrogen) atoms. The summed E-state index contributed by atoms with van der Waals surface area (Å²) in [5.74, 6) is -0.686. The van der Waals surface area contributed by atoms with Crippen molar-refractivity contribution in [3.63, 3.8) is 0 Å². The minimum Gasteiger partial charge on any atom is -0.481 e. The van der Waals surface area contributed by atoms with E-state index in [0.717, 1.165) is 6.42 Å². The third kappa shape index (κ3) is 5.83. The summed E-state index contributed by atoms with van der Waals surface area (Å²) in [5, 5.41) is 11.4. The van der Waals surface area contributed by atoms with Gasteiger partial charge >= 0.3 is 5.97 Å². The molecule has 1 unspecified atom stereocenters. The molecular formula is C13H17BrN2O3. The molecule has 1 aromatic heterocycles. The zero-order chi connectivity index (χ0) is 14.3. The van der Waals surface area contributed by atoms with Crippen LogP contribution in [0, 0.1) is 5.92 Å². The molecule has 0 bridgehead atoms. The van der Waals surface area contributed by atoms with Crippen LogP contribution >= 0.6 is 15.9 Å². The second kappa shape index (κ2) is 7.89. The maximum absolute atomic E-state index is 11.8. The number of aliphatic carboxylic acids is 1. The first kappa shape index (κ1) is 15.6. The second-order valence-corrected chi connectivity index (χ2v) is 5.18. The summed E-state index contributed by atoms with van der Waals surface area (Å²) in [6.07, 6.45) is 3.16. The van der Waals surface area contributed by atoms with Crippen LogP contribution in [0.5, 0.6) is 0 Å². The number of nitrogens with one attached hydrogen (secondary N) is 1. The van der Waals surface area contributed by atoms with Crippen LogP contribution in [-0.2, 0) is 4.79 Å². The fourth-order valence-electron chi connectivity index (χ4n) is 1.60. The smallest absolute Gasteiger partial charge is 0.303 e. The Kier molecular flexibility index (Phi) is 6.49. The van der Waals surface area contributed by atoms with Crippen LogP contribution in [-0.4, -0.2) is 28.5 Å². The number of hydrogen-bond donors (Lipinski definition) is 2. The molecule has 0 radical (unpaired) electrons. The quantitative estimate of drug-likeness (QED) is 0.753. The number of hydrogen-bond acceptors (Lipinski definition) is 3. The van der Waals surface area contributed by atoms with Gasteiger partial charge in [0.1, 0.15) is 4.60 Å². The fourth-order valence-corrected chi connectivity index (χ4v) is 2.03. The van der Waals surface area contributed by atoms with E-state index in [1.165, 1.54) is 0 Å². The number of carboxylic acid groups (broad SMARTS) is 1. The standard InChI is InChI=1S/C13H17BrN2O3/c1-9(4-5-11(17)18)6-8-16-13(19)10-3-2-7-15-12(10)14/h2-3,7,9H,4-6,8H2,1H3,(H,16,19)(H,17,18). The summed E-state index contributed by atoms with van der Waals surface area (Å²) in [4.78, 5) is 26.2. The molecule has 1 heterocycles. The Morgan fingerprint density at radius 1 is 1.47 bits per heavy atom. The van der Waals surface area contributed by atoms with Crippen LogP contribution in [0.25, 0.3) is 0 Å². The number of carbonyl (C=O) groups excluding carboxylic acids is 1. The van der Waals surface area contributed by atoms with Crippen molar-refractivity contribution < 1.29 is 14.7 Å². The van der Waals surface area contributed by atoms with E-state index in [1.807, 2.05) is 6.92 Å². The summed E-state index contributed by atoms with van der Waals surface area (Å²) in [6.45, 7) is 2.51. The maximum Gasteiger partial charge on any atom is 0.303 e. The lowest BCUT2D eigenvalue weighted by Crippen LogP contribution is -2.26. The molecule has 0 aromatic carbocycles. The van der Waals surface area contributed by atoms with Gasteiger partial charge in [0.25, 0.3) is 5.91 Å². The van der Waals surface area contributed by atoms with Gasteiger partial charge in [-0.05, 0) is 46.8 Å². The lowest BCUT2D eigenvalue weighted by atomic mass is 10.0. The van der Waals surface area contributed by atoms with Crippen LogP contribution in [0.1, 0.15) is 36.5 Å². The molecule has 2 N–H and O–H groups in total. The average Bonchev–Trinajstić information content (AvgIpc) is 2.36. The molecule has 1 rings (SSSR count). The van der Waals surface area contributed by atoms with Gasteiger partial charge in [0.05, 0.1) is 5.56 Å². The number of nitrogens with zero attached hydrogens (tertiary/aromatic N) is 1. The van der Waals surface area contributed by atoms with E-state index in [1.54, 1.807) is 18.3 Å². The topological polar surface area (TPSA) is 79.3 Å². The van der Waals surface area contributed by atoms with E-state index in [-0.39, 0.29) is 18.2 Å². The Bertz CT molecular complexity index is 451. The minimum atomic E-state index is -0.782. The number of pyridine rings is 1. The van der Waals surface area contributed by atoms with Gasteiger partial charge in [0.15, 0.2) is 0 Å². The third-order valence-corrected chi connectivity index (χ3v) is 3.41. The van der Waals surface area contributed by atoms with Crippen molar-refractivity contribution in [1.29, 1.82) is 0 Å². The molecule has 0 saturated heterocycles. The van der Waals surface area contributed by atoms with E-state index in [4.69, 9.17) is 5.11 Å². The van der Waals surface area contributed by atoms with Gasteiger partial charge < -0.3 is 10.4 Å². The highest BCUT2D eigenvalue weighted by Gasteiger charge is 2.10. The van der Waals surface area contributed by atoms with Crippen molar-refractivity contribution in [2.45, 2.75) is 26.2 Å². The predicted molar refractivity (Wildman–Crippen MR) is 74.9 cm³/mol. The number of halogens is 1. The monoisotopic (exact) mass is 328 g/mol. The molecular weight excluding hydrogens is 312 g/mol. The van der Waals surface area contributed by atoms with Crippen LogP contribution in [0.3, 0.4) is 0 Å². The van der Waals surface area contributed by atoms with E-state index in [2.05, 4.69) is 26.2 Å². The number of carbonyl (C=O) groups is 2. The first-order valence-corrected chi connectivity index (χ1v) is 6.90. The summed E-state index contributed by atoms with van der Waals surface area (Å²) in [7, 11) is 0. The highest BCUT2D eigenvalue weighted by molar-refractivity contribution is 9.10. The number of amides is 1. The number of rotatable bonds is 7. The molecule has 1 amide bonds. The largest absolute Gasteiger partial charge is 0.481 e. The van der Waals surface area contributed by atoms with Crippen molar-refractivity contribution >= 4 is 27.8 Å². The van der Waals surface area contributed by atoms with Gasteiger partial charge in [0, 0.05) is 19.2 Å². The molecule has 6 heteroatoms. The maximum atomic E-state index is 11.8. The van der Waals surface area contributed by atoms with Crippen molar-refractivity contribution in [2.24, 2.45) is 5.92 Å². The lowest BCUT2D eigenvalue weighted by molar-refractivity contribution is -0.137. The SMILES string of the molecule is CC(CCNC(=O)c1cccnc1Br)CCC(=O)O. The lowest BCUT2D eigenvalue weighted by Gasteiger charge is -2.11. The van der Waals surface area contributed by atoms with E-state index in [0.29, 0.717) is 23.1 Å². The first-order chi connectivity index (χ1) is 9.00. The van der Waals surface area contributed by atoms with Gasteiger partial charge in [0.2, 0.25) is 0 Å². The highest BCUT2D eigenvalue weighted by atomic mass is 79.9. The van der Waals surface area contributed by atoms with Crippen molar-refractivity contribution in [2.75, 3.05) is 6.54 Å². The molecule has 0 spiro atoms. The van der Waals surface area contributed by atoms with Crippen LogP contribution in [0.15, 0.2) is 22.9 Å². The van der Waals surface area contributed by atoms with E-state index < -0.39 is 5.97 Å². The molecule has 104 valence electrons. The molecule has 1 aromatic rings. The van der Waals surface area contributed by atoms with Gasteiger partial charge in [-0.15, -0.1) is 0 Å². The molecule has 0 saturated carbocycles. The average molecular weight is 329 g/mol. The summed E-state index contributed by atoms with van der Waals surface area (Å²) < 4.78 is 0.520. The normalized spacial score (nSPS) is 11.9. The van der Waals surface area contributed by atoms with Gasteiger partial charge in [-0.2, -0.15) is 0 Å². The van der Waals surface area contributed by atoms with E-state index in [9.17, 15) is 9.59 Å². The Labute approximate surface area is 120 Å². The number of carboxylic acids is 1. The second-order valence-electron chi connectivity index (χ2n) is 4.42. The third-order valence-electron chi connectivity index (χ3n) is 2.78. The zero-order valence-corrected chi connectivity index (χ0v) is 12.3. The van der Waals surface area contributed by atoms with Gasteiger partial charge in [-0.1, -0.05) is 6.92 Å². The summed E-state index contributed by atoms with van der Waals surface area (Å²) >= 11 is 3.22. The van der Waals surface area contributed by atoms with Gasteiger partial charge in [-0.3, -0.25) is 9.59 Å². The van der Waals surface area contributed by atoms with Crippen molar-refractivity contribution in [3.8, 4) is 0 Å². The van der Waals surface area contributed by atoms with Gasteiger partial charge in [-0.25, -0.2) is 4.98 Å². The molecule has 0 aliphatic carbocycles. The Balaban J connectivity index is 2.31. The highest BCUT2D eigenvalue weighted by Crippen LogP contribution is 2.13. The Morgan fingerprint density at radius 3 is 2.84 bits per heavy atom. The number of aromatic nitrogens is 1. The minimum absolute atomic E-state index is 0.170. The fraction of sp³-hybridized carbons (Fsp3) is 0.462. The van der Waals surface area contributed by atoms with Crippen LogP contribution in [0.2, 0.25) is 0 Å². The van der Waals surface area contributed by atoms with Crippen molar-refractivity contribution in [1.82, 2.24) is 10.3 Å².